The molecule has 3 N–H and O–H groups in total. The Morgan fingerprint density at radius 1 is 0.735 bits per heavy atom. The molecular weight excluding hydrogens is 643 g/mol. The number of anilines is 2. The molecule has 4 aliphatic rings. The van der Waals surface area contributed by atoms with Crippen LogP contribution < -0.4 is 15.3 Å². The Labute approximate surface area is 287 Å². The van der Waals surface area contributed by atoms with Gasteiger partial charge in [0.15, 0.2) is 0 Å². The number of phenolic OH excluding ortho intramolecular Hbond substituents is 1. The van der Waals surface area contributed by atoms with Gasteiger partial charge in [0.05, 0.1) is 34.5 Å². The number of carbonyl (C=O) groups excluding carboxylic acids is 4. The summed E-state index contributed by atoms with van der Waals surface area (Å²) in [6, 6.07) is 28.4. The lowest BCUT2D eigenvalue weighted by Crippen LogP contribution is -2.53. The molecule has 2 aliphatic heterocycles. The van der Waals surface area contributed by atoms with E-state index in [2.05, 4.69) is 0 Å². The molecule has 8 rings (SSSR count). The molecular formula is C38H30BClN2O7. The Morgan fingerprint density at radius 2 is 1.45 bits per heavy atom. The zero-order chi connectivity index (χ0) is 34.2. The molecule has 6 unspecified atom stereocenters. The van der Waals surface area contributed by atoms with Gasteiger partial charge in [-0.25, -0.2) is 4.90 Å². The van der Waals surface area contributed by atoms with Crippen molar-refractivity contribution in [3.05, 3.63) is 131 Å². The first-order valence-electron chi connectivity index (χ1n) is 16.1. The van der Waals surface area contributed by atoms with Crippen LogP contribution >= 0.6 is 11.6 Å². The highest BCUT2D eigenvalue weighted by Crippen LogP contribution is 2.64. The maximum absolute atomic E-state index is 15.2. The van der Waals surface area contributed by atoms with Crippen LogP contribution in [0.15, 0.2) is 115 Å². The molecule has 0 bridgehead atoms. The highest BCUT2D eigenvalue weighted by molar-refractivity contribution is 6.58. The quantitative estimate of drug-likeness (QED) is 0.165. The third-order valence-corrected chi connectivity index (χ3v) is 11.0. The Hall–Kier alpha value is -5.03. The van der Waals surface area contributed by atoms with E-state index in [-0.39, 0.29) is 29.7 Å². The summed E-state index contributed by atoms with van der Waals surface area (Å²) >= 11 is 6.36. The minimum atomic E-state index is -1.79. The summed E-state index contributed by atoms with van der Waals surface area (Å²) in [5.74, 6) is -5.55. The lowest BCUT2D eigenvalue weighted by atomic mass is 9.49. The van der Waals surface area contributed by atoms with E-state index in [1.54, 1.807) is 48.5 Å². The number of aromatic hydroxyl groups is 1. The maximum atomic E-state index is 15.2. The molecule has 2 aliphatic carbocycles. The standard InChI is InChI=1S/C38H30BClN2O7/c40-24-11-6-13-26(19-24)42-35(45)31-20-30-28(15-16-29-32(30)36(46)41(34(29)44)25-12-5-10-23(18-25)39(48)49)33(21-7-4-14-27(43)17-21)38(31,37(42)47)22-8-2-1-3-9-22/h1-15,17-19,29-33,43,48-49H,16,20H2. The molecule has 3 fully saturated rings. The largest absolute Gasteiger partial charge is 0.508 e. The summed E-state index contributed by atoms with van der Waals surface area (Å²) in [6.45, 7) is 0. The fraction of sp³-hybridized carbons (Fsp3) is 0.211. The number of amides is 4. The Balaban J connectivity index is 1.33. The van der Waals surface area contributed by atoms with E-state index >= 15 is 4.79 Å². The van der Waals surface area contributed by atoms with Gasteiger partial charge >= 0.3 is 7.12 Å². The number of benzene rings is 4. The summed E-state index contributed by atoms with van der Waals surface area (Å²) in [5.41, 5.74) is 1.26. The van der Waals surface area contributed by atoms with Crippen molar-refractivity contribution in [1.29, 1.82) is 0 Å². The average molecular weight is 673 g/mol. The molecule has 0 radical (unpaired) electrons. The minimum absolute atomic E-state index is 0.0126. The van der Waals surface area contributed by atoms with Crippen LogP contribution in [0, 0.1) is 23.7 Å². The minimum Gasteiger partial charge on any atom is -0.508 e. The highest BCUT2D eigenvalue weighted by Gasteiger charge is 2.70. The average Bonchev–Trinajstić information content (AvgIpc) is 3.49. The Bertz CT molecular complexity index is 2090. The van der Waals surface area contributed by atoms with Gasteiger partial charge in [0, 0.05) is 10.9 Å². The lowest BCUT2D eigenvalue weighted by molar-refractivity contribution is -0.127. The van der Waals surface area contributed by atoms with Gasteiger partial charge < -0.3 is 15.2 Å². The van der Waals surface area contributed by atoms with E-state index in [1.165, 1.54) is 23.1 Å². The fourth-order valence-corrected chi connectivity index (χ4v) is 9.09. The molecule has 0 aromatic heterocycles. The van der Waals surface area contributed by atoms with Crippen LogP contribution in [0.2, 0.25) is 5.02 Å². The summed E-state index contributed by atoms with van der Waals surface area (Å²) < 4.78 is 0. The SMILES string of the molecule is O=C1C2CC=C3C(CC4C(=O)N(c5cccc(Cl)c5)C(=O)C4(c4ccccc4)C3c3cccc(O)c3)C2C(=O)N1c1cccc(B(O)O)c1. The maximum Gasteiger partial charge on any atom is 0.488 e. The number of rotatable bonds is 5. The lowest BCUT2D eigenvalue weighted by Gasteiger charge is -2.50. The molecule has 49 heavy (non-hydrogen) atoms. The van der Waals surface area contributed by atoms with E-state index in [9.17, 15) is 29.5 Å². The molecule has 11 heteroatoms. The van der Waals surface area contributed by atoms with Crippen molar-refractivity contribution in [3.8, 4) is 5.75 Å². The van der Waals surface area contributed by atoms with Crippen molar-refractivity contribution in [3.63, 3.8) is 0 Å². The first-order valence-corrected chi connectivity index (χ1v) is 16.5. The van der Waals surface area contributed by atoms with Crippen molar-refractivity contribution in [2.24, 2.45) is 23.7 Å². The van der Waals surface area contributed by atoms with Gasteiger partial charge in [0.1, 0.15) is 5.75 Å². The van der Waals surface area contributed by atoms with Gasteiger partial charge in [-0.15, -0.1) is 0 Å². The zero-order valence-electron chi connectivity index (χ0n) is 26.0. The third-order valence-electron chi connectivity index (χ3n) is 10.8. The van der Waals surface area contributed by atoms with Crippen LogP contribution in [-0.4, -0.2) is 45.9 Å². The van der Waals surface area contributed by atoms with Gasteiger partial charge in [0.2, 0.25) is 23.6 Å². The van der Waals surface area contributed by atoms with Crippen LogP contribution in [0.5, 0.6) is 5.75 Å². The molecule has 0 spiro atoms. The number of hydrogen-bond acceptors (Lipinski definition) is 7. The number of nitrogens with zero attached hydrogens (tertiary/aromatic N) is 2. The van der Waals surface area contributed by atoms with Crippen molar-refractivity contribution in [2.45, 2.75) is 24.2 Å². The summed E-state index contributed by atoms with van der Waals surface area (Å²) in [4.78, 5) is 60.7. The molecule has 9 nitrogen and oxygen atoms in total. The molecule has 4 aromatic carbocycles. The van der Waals surface area contributed by atoms with Crippen LogP contribution in [0.1, 0.15) is 29.9 Å². The third kappa shape index (κ3) is 4.55. The smallest absolute Gasteiger partial charge is 0.488 e. The normalized spacial score (nSPS) is 27.5. The molecule has 6 atom stereocenters. The van der Waals surface area contributed by atoms with Crippen LogP contribution in [0.4, 0.5) is 11.4 Å². The van der Waals surface area contributed by atoms with Crippen molar-refractivity contribution in [1.82, 2.24) is 0 Å². The number of halogens is 1. The monoisotopic (exact) mass is 672 g/mol. The summed E-state index contributed by atoms with van der Waals surface area (Å²) in [6.07, 6.45) is 2.30. The first kappa shape index (κ1) is 31.3. The number of phenols is 1. The van der Waals surface area contributed by atoms with Crippen LogP contribution in [-0.2, 0) is 24.6 Å². The molecule has 2 saturated heterocycles. The van der Waals surface area contributed by atoms with Crippen molar-refractivity contribution < 1.29 is 34.3 Å². The molecule has 244 valence electrons. The summed E-state index contributed by atoms with van der Waals surface area (Å²) in [7, 11) is -1.79. The van der Waals surface area contributed by atoms with E-state index in [1.807, 2.05) is 42.5 Å². The van der Waals surface area contributed by atoms with E-state index in [0.29, 0.717) is 21.8 Å². The number of imide groups is 2. The molecule has 4 amide bonds. The van der Waals surface area contributed by atoms with E-state index < -0.39 is 65.8 Å². The predicted molar refractivity (Wildman–Crippen MR) is 183 cm³/mol. The second-order valence-electron chi connectivity index (χ2n) is 13.2. The van der Waals surface area contributed by atoms with E-state index in [0.717, 1.165) is 10.5 Å². The zero-order valence-corrected chi connectivity index (χ0v) is 26.8. The number of fused-ring (bicyclic) bond motifs is 4. The molecule has 4 aromatic rings. The van der Waals surface area contributed by atoms with Gasteiger partial charge in [-0.1, -0.05) is 83.9 Å². The number of carbonyl (C=O) groups is 4. The van der Waals surface area contributed by atoms with Crippen LogP contribution in [0.3, 0.4) is 0 Å². The first-order chi connectivity index (χ1) is 23.6. The number of hydrogen-bond donors (Lipinski definition) is 3. The van der Waals surface area contributed by atoms with Gasteiger partial charge in [0.25, 0.3) is 0 Å². The highest BCUT2D eigenvalue weighted by atomic mass is 35.5. The Morgan fingerprint density at radius 3 is 2.16 bits per heavy atom. The van der Waals surface area contributed by atoms with Crippen molar-refractivity contribution in [2.75, 3.05) is 9.80 Å². The van der Waals surface area contributed by atoms with Crippen molar-refractivity contribution >= 4 is 59.2 Å². The fourth-order valence-electron chi connectivity index (χ4n) is 8.90. The van der Waals surface area contributed by atoms with Gasteiger partial charge in [-0.2, -0.15) is 0 Å². The van der Waals surface area contributed by atoms with E-state index in [4.69, 9.17) is 11.6 Å². The second kappa shape index (κ2) is 11.5. The van der Waals surface area contributed by atoms with Gasteiger partial charge in [-0.3, -0.25) is 24.1 Å². The predicted octanol–water partition coefficient (Wildman–Crippen LogP) is 4.09. The number of allylic oxidation sites excluding steroid dienone is 2. The van der Waals surface area contributed by atoms with Gasteiger partial charge in [-0.05, 0) is 77.8 Å². The van der Waals surface area contributed by atoms with Crippen LogP contribution in [0.25, 0.3) is 0 Å². The molecule has 2 heterocycles. The molecule has 1 saturated carbocycles. The summed E-state index contributed by atoms with van der Waals surface area (Å²) in [5, 5.41) is 30.6. The second-order valence-corrected chi connectivity index (χ2v) is 13.6. The Kier molecular flexibility index (Phi) is 7.37. The topological polar surface area (TPSA) is 135 Å².